The van der Waals surface area contributed by atoms with E-state index in [1.54, 1.807) is 0 Å². The predicted octanol–water partition coefficient (Wildman–Crippen LogP) is 3.59. The third kappa shape index (κ3) is 5.40. The molecule has 1 aliphatic rings. The van der Waals surface area contributed by atoms with Crippen LogP contribution in [-0.4, -0.2) is 28.0 Å². The van der Waals surface area contributed by atoms with Crippen molar-refractivity contribution >= 4 is 0 Å². The molecule has 21 heavy (non-hydrogen) atoms. The number of pyridine rings is 1. The van der Waals surface area contributed by atoms with Crippen LogP contribution in [0, 0.1) is 5.92 Å². The second kappa shape index (κ2) is 6.89. The van der Waals surface area contributed by atoms with E-state index in [1.807, 2.05) is 0 Å². The molecule has 0 bridgehead atoms. The first-order valence-corrected chi connectivity index (χ1v) is 8.27. The SMILES string of the molecule is CC1CCN(Cc2cccc(CNC(C)(C)C)n2)C(C)C1. The maximum absolute atomic E-state index is 4.82. The van der Waals surface area contributed by atoms with Gasteiger partial charge in [-0.1, -0.05) is 13.0 Å². The van der Waals surface area contributed by atoms with Gasteiger partial charge in [0.2, 0.25) is 0 Å². The highest BCUT2D eigenvalue weighted by atomic mass is 15.2. The van der Waals surface area contributed by atoms with Crippen LogP contribution in [0.15, 0.2) is 18.2 Å². The highest BCUT2D eigenvalue weighted by molar-refractivity contribution is 5.11. The lowest BCUT2D eigenvalue weighted by molar-refractivity contribution is 0.120. The number of aromatic nitrogens is 1. The van der Waals surface area contributed by atoms with Gasteiger partial charge in [-0.3, -0.25) is 9.88 Å². The molecular weight excluding hydrogens is 258 g/mol. The van der Waals surface area contributed by atoms with E-state index in [4.69, 9.17) is 4.98 Å². The van der Waals surface area contributed by atoms with Gasteiger partial charge >= 0.3 is 0 Å². The Labute approximate surface area is 130 Å². The van der Waals surface area contributed by atoms with Gasteiger partial charge in [-0.25, -0.2) is 0 Å². The molecule has 3 heteroatoms. The van der Waals surface area contributed by atoms with E-state index >= 15 is 0 Å². The molecule has 3 nitrogen and oxygen atoms in total. The van der Waals surface area contributed by atoms with Gasteiger partial charge in [0, 0.05) is 24.7 Å². The van der Waals surface area contributed by atoms with Crippen LogP contribution in [0.2, 0.25) is 0 Å². The molecule has 0 aliphatic carbocycles. The monoisotopic (exact) mass is 289 g/mol. The summed E-state index contributed by atoms with van der Waals surface area (Å²) in [7, 11) is 0. The Bertz CT molecular complexity index is 450. The van der Waals surface area contributed by atoms with Crippen molar-refractivity contribution in [3.63, 3.8) is 0 Å². The quantitative estimate of drug-likeness (QED) is 0.918. The summed E-state index contributed by atoms with van der Waals surface area (Å²) in [5.74, 6) is 0.867. The van der Waals surface area contributed by atoms with Gasteiger partial charge in [0.1, 0.15) is 0 Å². The van der Waals surface area contributed by atoms with Crippen LogP contribution >= 0.6 is 0 Å². The standard InChI is InChI=1S/C18H31N3/c1-14-9-10-21(15(2)11-14)13-17-8-6-7-16(20-17)12-19-18(3,4)5/h6-8,14-15,19H,9-13H2,1-5H3. The van der Waals surface area contributed by atoms with Crippen molar-refractivity contribution in [1.82, 2.24) is 15.2 Å². The van der Waals surface area contributed by atoms with Crippen LogP contribution in [0.5, 0.6) is 0 Å². The summed E-state index contributed by atoms with van der Waals surface area (Å²) in [6, 6.07) is 7.08. The molecule has 1 N–H and O–H groups in total. The summed E-state index contributed by atoms with van der Waals surface area (Å²) >= 11 is 0. The highest BCUT2D eigenvalue weighted by Gasteiger charge is 2.23. The van der Waals surface area contributed by atoms with E-state index < -0.39 is 0 Å². The largest absolute Gasteiger partial charge is 0.306 e. The van der Waals surface area contributed by atoms with Gasteiger partial charge in [-0.05, 0) is 65.1 Å². The maximum Gasteiger partial charge on any atom is 0.0547 e. The molecule has 0 aromatic carbocycles. The van der Waals surface area contributed by atoms with Crippen LogP contribution in [0.1, 0.15) is 58.8 Å². The van der Waals surface area contributed by atoms with Gasteiger partial charge < -0.3 is 5.32 Å². The maximum atomic E-state index is 4.82. The van der Waals surface area contributed by atoms with Crippen molar-refractivity contribution in [3.05, 3.63) is 29.6 Å². The van der Waals surface area contributed by atoms with E-state index in [0.717, 1.165) is 24.7 Å². The smallest absolute Gasteiger partial charge is 0.0547 e. The third-order valence-electron chi connectivity index (χ3n) is 4.31. The molecular formula is C18H31N3. The van der Waals surface area contributed by atoms with Crippen LogP contribution < -0.4 is 5.32 Å². The molecule has 1 aromatic rings. The van der Waals surface area contributed by atoms with E-state index in [0.29, 0.717) is 6.04 Å². The number of hydrogen-bond donors (Lipinski definition) is 1. The van der Waals surface area contributed by atoms with Gasteiger partial charge in [0.05, 0.1) is 11.4 Å². The molecule has 0 saturated carbocycles. The first-order valence-electron chi connectivity index (χ1n) is 8.27. The third-order valence-corrected chi connectivity index (χ3v) is 4.31. The number of hydrogen-bond acceptors (Lipinski definition) is 3. The predicted molar refractivity (Wildman–Crippen MR) is 89.1 cm³/mol. The zero-order chi connectivity index (χ0) is 15.5. The number of likely N-dealkylation sites (tertiary alicyclic amines) is 1. The molecule has 1 aromatic heterocycles. The first-order chi connectivity index (χ1) is 9.83. The minimum Gasteiger partial charge on any atom is -0.306 e. The summed E-state index contributed by atoms with van der Waals surface area (Å²) in [5, 5.41) is 3.51. The highest BCUT2D eigenvalue weighted by Crippen LogP contribution is 2.23. The fourth-order valence-electron chi connectivity index (χ4n) is 2.97. The Morgan fingerprint density at radius 2 is 1.95 bits per heavy atom. The fourth-order valence-corrected chi connectivity index (χ4v) is 2.97. The van der Waals surface area contributed by atoms with E-state index in [1.165, 1.54) is 25.1 Å². The summed E-state index contributed by atoms with van der Waals surface area (Å²) in [5.41, 5.74) is 2.47. The van der Waals surface area contributed by atoms with Crippen LogP contribution in [0.3, 0.4) is 0 Å². The molecule has 2 unspecified atom stereocenters. The second-order valence-electron chi connectivity index (χ2n) is 7.67. The van der Waals surface area contributed by atoms with Crippen molar-refractivity contribution in [3.8, 4) is 0 Å². The summed E-state index contributed by atoms with van der Waals surface area (Å²) < 4.78 is 0. The fraction of sp³-hybridized carbons (Fsp3) is 0.722. The second-order valence-corrected chi connectivity index (χ2v) is 7.67. The zero-order valence-electron chi connectivity index (χ0n) is 14.3. The number of rotatable bonds is 4. The molecule has 0 radical (unpaired) electrons. The molecule has 1 aliphatic heterocycles. The molecule has 2 atom stereocenters. The number of nitrogens with zero attached hydrogens (tertiary/aromatic N) is 2. The molecule has 118 valence electrons. The summed E-state index contributed by atoms with van der Waals surface area (Å²) in [4.78, 5) is 7.39. The minimum absolute atomic E-state index is 0.134. The van der Waals surface area contributed by atoms with Crippen LogP contribution in [-0.2, 0) is 13.1 Å². The Balaban J connectivity index is 1.94. The molecule has 2 rings (SSSR count). The Kier molecular flexibility index (Phi) is 5.39. The van der Waals surface area contributed by atoms with Gasteiger partial charge in [0.15, 0.2) is 0 Å². The Morgan fingerprint density at radius 1 is 1.24 bits per heavy atom. The normalized spacial score (nSPS) is 24.2. The van der Waals surface area contributed by atoms with E-state index in [2.05, 4.69) is 63.0 Å². The molecule has 2 heterocycles. The van der Waals surface area contributed by atoms with Crippen molar-refractivity contribution < 1.29 is 0 Å². The molecule has 1 saturated heterocycles. The van der Waals surface area contributed by atoms with E-state index in [9.17, 15) is 0 Å². The Hall–Kier alpha value is -0.930. The minimum atomic E-state index is 0.134. The van der Waals surface area contributed by atoms with E-state index in [-0.39, 0.29) is 5.54 Å². The molecule has 1 fully saturated rings. The number of piperidine rings is 1. The summed E-state index contributed by atoms with van der Waals surface area (Å²) in [6.07, 6.45) is 2.63. The van der Waals surface area contributed by atoms with Gasteiger partial charge in [-0.15, -0.1) is 0 Å². The first kappa shape index (κ1) is 16.4. The van der Waals surface area contributed by atoms with Gasteiger partial charge in [0.25, 0.3) is 0 Å². The van der Waals surface area contributed by atoms with Crippen molar-refractivity contribution in [1.29, 1.82) is 0 Å². The molecule has 0 amide bonds. The average molecular weight is 289 g/mol. The van der Waals surface area contributed by atoms with Crippen LogP contribution in [0.4, 0.5) is 0 Å². The lowest BCUT2D eigenvalue weighted by Crippen LogP contribution is -2.39. The lowest BCUT2D eigenvalue weighted by Gasteiger charge is -2.36. The summed E-state index contributed by atoms with van der Waals surface area (Å²) in [6.45, 7) is 14.3. The Morgan fingerprint density at radius 3 is 2.62 bits per heavy atom. The number of nitrogens with one attached hydrogen (secondary N) is 1. The van der Waals surface area contributed by atoms with Crippen molar-refractivity contribution in [2.24, 2.45) is 5.92 Å². The molecule has 0 spiro atoms. The van der Waals surface area contributed by atoms with Crippen molar-refractivity contribution in [2.45, 2.75) is 72.1 Å². The van der Waals surface area contributed by atoms with Crippen LogP contribution in [0.25, 0.3) is 0 Å². The lowest BCUT2D eigenvalue weighted by atomic mass is 9.93. The van der Waals surface area contributed by atoms with Crippen molar-refractivity contribution in [2.75, 3.05) is 6.54 Å². The average Bonchev–Trinajstić information content (AvgIpc) is 2.39. The zero-order valence-corrected chi connectivity index (χ0v) is 14.3. The van der Waals surface area contributed by atoms with Gasteiger partial charge in [-0.2, -0.15) is 0 Å². The topological polar surface area (TPSA) is 28.2 Å².